The zero-order valence-corrected chi connectivity index (χ0v) is 11.9. The molecule has 7 heteroatoms. The van der Waals surface area contributed by atoms with Crippen LogP contribution in [0.5, 0.6) is 0 Å². The third-order valence-corrected chi connectivity index (χ3v) is 4.90. The number of hydrogen-bond acceptors (Lipinski definition) is 6. The summed E-state index contributed by atoms with van der Waals surface area (Å²) < 4.78 is 0.898. The van der Waals surface area contributed by atoms with Crippen LogP contribution in [0, 0.1) is 0 Å². The minimum Gasteiger partial charge on any atom is -0.370 e. The van der Waals surface area contributed by atoms with E-state index >= 15 is 0 Å². The number of aromatic nitrogens is 2. The number of nitrogens with zero attached hydrogens (tertiary/aromatic N) is 2. The predicted molar refractivity (Wildman–Crippen MR) is 74.9 cm³/mol. The summed E-state index contributed by atoms with van der Waals surface area (Å²) in [6.45, 7) is 0. The third kappa shape index (κ3) is 4.45. The van der Waals surface area contributed by atoms with Gasteiger partial charge in [0.1, 0.15) is 0 Å². The minimum atomic E-state index is -0.271. The Morgan fingerprint density at radius 2 is 2.17 bits per heavy atom. The van der Waals surface area contributed by atoms with Crippen molar-refractivity contribution in [3.63, 3.8) is 0 Å². The molecule has 1 aliphatic rings. The standard InChI is InChI=1S/C11H18N4OS2/c12-9(16)6-7-17-11-15-14-10(18-11)13-8-4-2-1-3-5-8/h8H,1-7H2,(H2,12,16)(H,13,14). The fourth-order valence-corrected chi connectivity index (χ4v) is 3.84. The van der Waals surface area contributed by atoms with E-state index in [1.54, 1.807) is 11.3 Å². The van der Waals surface area contributed by atoms with Gasteiger partial charge in [-0.15, -0.1) is 10.2 Å². The van der Waals surface area contributed by atoms with Crippen LogP contribution in [0.4, 0.5) is 5.13 Å². The van der Waals surface area contributed by atoms with Crippen molar-refractivity contribution in [3.8, 4) is 0 Å². The van der Waals surface area contributed by atoms with Crippen molar-refractivity contribution in [3.05, 3.63) is 0 Å². The van der Waals surface area contributed by atoms with Gasteiger partial charge in [-0.05, 0) is 12.8 Å². The molecule has 18 heavy (non-hydrogen) atoms. The van der Waals surface area contributed by atoms with Crippen LogP contribution in [0.1, 0.15) is 38.5 Å². The molecule has 0 unspecified atom stereocenters. The first-order valence-corrected chi connectivity index (χ1v) is 8.05. The van der Waals surface area contributed by atoms with Crippen molar-refractivity contribution in [2.45, 2.75) is 48.9 Å². The summed E-state index contributed by atoms with van der Waals surface area (Å²) in [5.41, 5.74) is 5.09. The number of hydrogen-bond donors (Lipinski definition) is 2. The van der Waals surface area contributed by atoms with E-state index in [0.717, 1.165) is 9.47 Å². The Morgan fingerprint density at radius 3 is 2.89 bits per heavy atom. The molecular weight excluding hydrogens is 268 g/mol. The summed E-state index contributed by atoms with van der Waals surface area (Å²) in [4.78, 5) is 10.6. The zero-order chi connectivity index (χ0) is 12.8. The molecule has 0 aliphatic heterocycles. The molecule has 1 amide bonds. The second-order valence-electron chi connectivity index (χ2n) is 4.42. The van der Waals surface area contributed by atoms with Gasteiger partial charge < -0.3 is 11.1 Å². The van der Waals surface area contributed by atoms with Crippen molar-refractivity contribution >= 4 is 34.1 Å². The first-order chi connectivity index (χ1) is 8.74. The summed E-state index contributed by atoms with van der Waals surface area (Å²) >= 11 is 3.09. The van der Waals surface area contributed by atoms with E-state index in [0.29, 0.717) is 18.2 Å². The number of thioether (sulfide) groups is 1. The molecular formula is C11H18N4OS2. The zero-order valence-electron chi connectivity index (χ0n) is 10.2. The average molecular weight is 286 g/mol. The highest BCUT2D eigenvalue weighted by atomic mass is 32.2. The molecule has 1 fully saturated rings. The lowest BCUT2D eigenvalue weighted by Gasteiger charge is -2.21. The number of anilines is 1. The molecule has 0 bridgehead atoms. The van der Waals surface area contributed by atoms with Gasteiger partial charge in [0.15, 0.2) is 4.34 Å². The van der Waals surface area contributed by atoms with Crippen LogP contribution in [-0.4, -0.2) is 27.9 Å². The summed E-state index contributed by atoms with van der Waals surface area (Å²) in [6, 6.07) is 0.551. The molecule has 2 rings (SSSR count). The maximum absolute atomic E-state index is 10.6. The number of carbonyl (C=O) groups is 1. The monoisotopic (exact) mass is 286 g/mol. The number of carbonyl (C=O) groups excluding carboxylic acids is 1. The van der Waals surface area contributed by atoms with Gasteiger partial charge in [0.05, 0.1) is 0 Å². The van der Waals surface area contributed by atoms with Crippen LogP contribution in [0.25, 0.3) is 0 Å². The molecule has 0 radical (unpaired) electrons. The van der Waals surface area contributed by atoms with Gasteiger partial charge in [-0.25, -0.2) is 0 Å². The van der Waals surface area contributed by atoms with Crippen molar-refractivity contribution in [2.24, 2.45) is 5.73 Å². The first-order valence-electron chi connectivity index (χ1n) is 6.25. The van der Waals surface area contributed by atoms with E-state index in [-0.39, 0.29) is 5.91 Å². The van der Waals surface area contributed by atoms with Gasteiger partial charge >= 0.3 is 0 Å². The van der Waals surface area contributed by atoms with Crippen LogP contribution in [-0.2, 0) is 4.79 Å². The number of primary amides is 1. The molecule has 3 N–H and O–H groups in total. The fraction of sp³-hybridized carbons (Fsp3) is 0.727. The Labute approximate surface area is 115 Å². The van der Waals surface area contributed by atoms with Gasteiger partial charge in [-0.2, -0.15) is 0 Å². The van der Waals surface area contributed by atoms with Gasteiger partial charge in [-0.1, -0.05) is 42.4 Å². The normalized spacial score (nSPS) is 16.7. The quantitative estimate of drug-likeness (QED) is 0.784. The molecule has 0 saturated heterocycles. The number of rotatable bonds is 6. The lowest BCUT2D eigenvalue weighted by molar-refractivity contribution is -0.117. The molecule has 1 heterocycles. The molecule has 1 aromatic rings. The Hall–Kier alpha value is -0.820. The molecule has 0 aromatic carbocycles. The summed E-state index contributed by atoms with van der Waals surface area (Å²) in [7, 11) is 0. The second kappa shape index (κ2) is 6.94. The molecule has 1 saturated carbocycles. The maximum atomic E-state index is 10.6. The van der Waals surface area contributed by atoms with E-state index in [1.165, 1.54) is 43.9 Å². The molecule has 0 spiro atoms. The van der Waals surface area contributed by atoms with Crippen LogP contribution in [0.3, 0.4) is 0 Å². The Balaban J connectivity index is 1.76. The highest BCUT2D eigenvalue weighted by Crippen LogP contribution is 2.28. The number of nitrogens with two attached hydrogens (primary N) is 1. The van der Waals surface area contributed by atoms with Gasteiger partial charge in [0.25, 0.3) is 0 Å². The lowest BCUT2D eigenvalue weighted by atomic mass is 9.96. The van der Waals surface area contributed by atoms with E-state index in [4.69, 9.17) is 5.73 Å². The third-order valence-electron chi connectivity index (χ3n) is 2.91. The largest absolute Gasteiger partial charge is 0.370 e. The van der Waals surface area contributed by atoms with Crippen molar-refractivity contribution in [1.29, 1.82) is 0 Å². The highest BCUT2D eigenvalue weighted by Gasteiger charge is 2.15. The van der Waals surface area contributed by atoms with Gasteiger partial charge in [0, 0.05) is 18.2 Å². The first kappa shape index (κ1) is 13.6. The second-order valence-corrected chi connectivity index (χ2v) is 6.74. The SMILES string of the molecule is NC(=O)CCSc1nnc(NC2CCCCC2)s1. The molecule has 1 aliphatic carbocycles. The molecule has 5 nitrogen and oxygen atoms in total. The van der Waals surface area contributed by atoms with E-state index in [9.17, 15) is 4.79 Å². The fourth-order valence-electron chi connectivity index (χ4n) is 1.99. The molecule has 100 valence electrons. The summed E-state index contributed by atoms with van der Waals surface area (Å²) in [6.07, 6.45) is 6.79. The number of amides is 1. The van der Waals surface area contributed by atoms with Crippen LogP contribution >= 0.6 is 23.1 Å². The van der Waals surface area contributed by atoms with Crippen molar-refractivity contribution < 1.29 is 4.79 Å². The Morgan fingerprint density at radius 1 is 1.39 bits per heavy atom. The topological polar surface area (TPSA) is 80.9 Å². The van der Waals surface area contributed by atoms with Crippen LogP contribution < -0.4 is 11.1 Å². The maximum Gasteiger partial charge on any atom is 0.218 e. The minimum absolute atomic E-state index is 0.271. The van der Waals surface area contributed by atoms with Gasteiger partial charge in [0.2, 0.25) is 11.0 Å². The molecule has 0 atom stereocenters. The number of nitrogens with one attached hydrogen (secondary N) is 1. The summed E-state index contributed by atoms with van der Waals surface area (Å²) in [5, 5.41) is 12.6. The van der Waals surface area contributed by atoms with Crippen molar-refractivity contribution in [1.82, 2.24) is 10.2 Å². The summed E-state index contributed by atoms with van der Waals surface area (Å²) in [5.74, 6) is 0.403. The smallest absolute Gasteiger partial charge is 0.218 e. The van der Waals surface area contributed by atoms with E-state index < -0.39 is 0 Å². The lowest BCUT2D eigenvalue weighted by Crippen LogP contribution is -2.21. The Kier molecular flexibility index (Phi) is 5.25. The Bertz CT molecular complexity index is 390. The highest BCUT2D eigenvalue weighted by molar-refractivity contribution is 8.01. The molecule has 1 aromatic heterocycles. The van der Waals surface area contributed by atoms with E-state index in [2.05, 4.69) is 15.5 Å². The van der Waals surface area contributed by atoms with Gasteiger partial charge in [-0.3, -0.25) is 4.79 Å². The van der Waals surface area contributed by atoms with E-state index in [1.807, 2.05) is 0 Å². The predicted octanol–water partition coefficient (Wildman–Crippen LogP) is 2.25. The van der Waals surface area contributed by atoms with Crippen LogP contribution in [0.15, 0.2) is 4.34 Å². The van der Waals surface area contributed by atoms with Crippen molar-refractivity contribution in [2.75, 3.05) is 11.1 Å². The van der Waals surface area contributed by atoms with Crippen LogP contribution in [0.2, 0.25) is 0 Å². The average Bonchev–Trinajstić information content (AvgIpc) is 2.78.